The molecule has 0 saturated carbocycles. The van der Waals surface area contributed by atoms with E-state index in [1.165, 1.54) is 6.07 Å². The van der Waals surface area contributed by atoms with Crippen LogP contribution in [-0.2, 0) is 11.0 Å². The van der Waals surface area contributed by atoms with Gasteiger partial charge in [0.15, 0.2) is 0 Å². The predicted octanol–water partition coefficient (Wildman–Crippen LogP) is 3.86. The van der Waals surface area contributed by atoms with Gasteiger partial charge in [-0.25, -0.2) is 8.60 Å². The summed E-state index contributed by atoms with van der Waals surface area (Å²) in [7, 11) is -1.38. The molecule has 17 heavy (non-hydrogen) atoms. The van der Waals surface area contributed by atoms with E-state index in [2.05, 4.69) is 20.3 Å². The Morgan fingerprint density at radius 2 is 2.00 bits per heavy atom. The Bertz CT molecular complexity index is 480. The van der Waals surface area contributed by atoms with Crippen LogP contribution in [0.25, 0.3) is 0 Å². The zero-order chi connectivity index (χ0) is 13.2. The molecule has 1 rings (SSSR count). The minimum atomic E-state index is -1.38. The number of nitrogens with zero attached hydrogens (tertiary/aromatic N) is 1. The van der Waals surface area contributed by atoms with Crippen LogP contribution in [-0.4, -0.2) is 14.7 Å². The number of hydrogen-bond donors (Lipinski definition) is 0. The van der Waals surface area contributed by atoms with Crippen molar-refractivity contribution in [3.05, 3.63) is 34.1 Å². The largest absolute Gasteiger partial charge is 0.234 e. The third-order valence-electron chi connectivity index (χ3n) is 2.06. The van der Waals surface area contributed by atoms with Gasteiger partial charge in [-0.3, -0.25) is 0 Å². The number of benzene rings is 1. The van der Waals surface area contributed by atoms with Gasteiger partial charge in [0.1, 0.15) is 16.8 Å². The molecule has 1 aromatic rings. The minimum absolute atomic E-state index is 0.361. The molecule has 5 heteroatoms. The van der Waals surface area contributed by atoms with Crippen molar-refractivity contribution in [2.75, 3.05) is 0 Å². The minimum Gasteiger partial charge on any atom is -0.234 e. The van der Waals surface area contributed by atoms with Crippen molar-refractivity contribution in [2.45, 2.75) is 32.4 Å². The van der Waals surface area contributed by atoms with E-state index in [1.807, 2.05) is 20.8 Å². The summed E-state index contributed by atoms with van der Waals surface area (Å²) in [4.78, 5) is 0. The molecule has 0 radical (unpaired) electrons. The van der Waals surface area contributed by atoms with Crippen LogP contribution in [0.2, 0.25) is 0 Å². The first-order valence-corrected chi connectivity index (χ1v) is 7.04. The fraction of sp³-hybridized carbons (Fsp3) is 0.417. The van der Waals surface area contributed by atoms with E-state index in [0.29, 0.717) is 11.3 Å². The maximum absolute atomic E-state index is 13.6. The average molecular weight is 320 g/mol. The molecule has 0 aromatic heterocycles. The van der Waals surface area contributed by atoms with Crippen LogP contribution in [0.15, 0.2) is 27.1 Å². The summed E-state index contributed by atoms with van der Waals surface area (Å²) in [5.41, 5.74) is 0.814. The predicted molar refractivity (Wildman–Crippen MR) is 74.2 cm³/mol. The first-order valence-electron chi connectivity index (χ1n) is 5.14. The first-order chi connectivity index (χ1) is 7.71. The second-order valence-corrected chi connectivity index (χ2v) is 7.48. The zero-order valence-corrected chi connectivity index (χ0v) is 12.7. The molecule has 1 aromatic carbocycles. The highest BCUT2D eigenvalue weighted by molar-refractivity contribution is 9.10. The van der Waals surface area contributed by atoms with Crippen LogP contribution < -0.4 is 0 Å². The molecule has 0 saturated heterocycles. The molecule has 94 valence electrons. The van der Waals surface area contributed by atoms with E-state index in [4.69, 9.17) is 0 Å². The summed E-state index contributed by atoms with van der Waals surface area (Å²) in [5.74, 6) is -0.361. The smallest absolute Gasteiger partial charge is 0.145 e. The van der Waals surface area contributed by atoms with Gasteiger partial charge in [-0.15, -0.1) is 0 Å². The molecule has 0 aliphatic rings. The fourth-order valence-electron chi connectivity index (χ4n) is 1.09. The lowest BCUT2D eigenvalue weighted by atomic mass is 10.1. The summed E-state index contributed by atoms with van der Waals surface area (Å²) in [5, 5.41) is 0. The quantitative estimate of drug-likeness (QED) is 0.761. The summed E-state index contributed by atoms with van der Waals surface area (Å²) in [6.07, 6.45) is 0. The molecule has 2 nitrogen and oxygen atoms in total. The number of hydrogen-bond acceptors (Lipinski definition) is 1. The lowest BCUT2D eigenvalue weighted by molar-refractivity contribution is 0.625. The van der Waals surface area contributed by atoms with E-state index in [1.54, 1.807) is 19.1 Å². The van der Waals surface area contributed by atoms with Gasteiger partial charge in [0.2, 0.25) is 0 Å². The van der Waals surface area contributed by atoms with Gasteiger partial charge in [0.25, 0.3) is 0 Å². The molecule has 0 N–H and O–H groups in total. The highest BCUT2D eigenvalue weighted by Gasteiger charge is 2.19. The summed E-state index contributed by atoms with van der Waals surface area (Å²) >= 11 is 3.27. The van der Waals surface area contributed by atoms with Crippen LogP contribution in [0.5, 0.6) is 0 Å². The van der Waals surface area contributed by atoms with Crippen molar-refractivity contribution in [1.29, 1.82) is 0 Å². The molecule has 0 heterocycles. The van der Waals surface area contributed by atoms with Gasteiger partial charge in [0.05, 0.1) is 10.5 Å². The molecule has 0 unspecified atom stereocenters. The van der Waals surface area contributed by atoms with Gasteiger partial charge in [0, 0.05) is 10.0 Å². The first kappa shape index (κ1) is 14.5. The summed E-state index contributed by atoms with van der Waals surface area (Å²) in [6, 6.07) is 4.61. The van der Waals surface area contributed by atoms with Gasteiger partial charge in [-0.2, -0.15) is 4.40 Å². The van der Waals surface area contributed by atoms with Crippen molar-refractivity contribution in [3.8, 4) is 0 Å². The fourth-order valence-corrected chi connectivity index (χ4v) is 2.07. The second kappa shape index (κ2) is 5.40. The molecule has 0 amide bonds. The molecule has 0 aliphatic carbocycles. The summed E-state index contributed by atoms with van der Waals surface area (Å²) < 4.78 is 29.8. The standard InChI is InChI=1S/C12H15BrFNOS/c1-8(15-17(16)12(2,3)4)10-7-9(13)5-6-11(10)14/h5-7H,1-4H3/t17-/m0/s1. The maximum atomic E-state index is 13.6. The van der Waals surface area contributed by atoms with E-state index in [9.17, 15) is 8.60 Å². The van der Waals surface area contributed by atoms with Crippen LogP contribution >= 0.6 is 15.9 Å². The van der Waals surface area contributed by atoms with Gasteiger partial charge >= 0.3 is 0 Å². The lowest BCUT2D eigenvalue weighted by Crippen LogP contribution is -2.20. The topological polar surface area (TPSA) is 29.4 Å². The highest BCUT2D eigenvalue weighted by Crippen LogP contribution is 2.18. The van der Waals surface area contributed by atoms with Crippen LogP contribution in [0.1, 0.15) is 33.3 Å². The Balaban J connectivity index is 3.12. The molecular weight excluding hydrogens is 305 g/mol. The Labute approximate surface area is 112 Å². The third kappa shape index (κ3) is 4.00. The normalized spacial score (nSPS) is 14.8. The lowest BCUT2D eigenvalue weighted by Gasteiger charge is -2.14. The van der Waals surface area contributed by atoms with E-state index >= 15 is 0 Å². The van der Waals surface area contributed by atoms with Crippen molar-refractivity contribution < 1.29 is 8.60 Å². The molecule has 1 atom stereocenters. The Morgan fingerprint density at radius 1 is 1.41 bits per heavy atom. The average Bonchev–Trinajstić information content (AvgIpc) is 2.20. The van der Waals surface area contributed by atoms with Crippen molar-refractivity contribution in [1.82, 2.24) is 0 Å². The second-order valence-electron chi connectivity index (χ2n) is 4.66. The molecule has 0 spiro atoms. The monoisotopic (exact) mass is 319 g/mol. The molecular formula is C12H15BrFNOS. The van der Waals surface area contributed by atoms with E-state index in [0.717, 1.165) is 4.47 Å². The number of rotatable bonds is 2. The number of halogens is 2. The van der Waals surface area contributed by atoms with Gasteiger partial charge < -0.3 is 0 Å². The SMILES string of the molecule is CC(=N[S@@](=O)C(C)(C)C)c1cc(Br)ccc1F. The van der Waals surface area contributed by atoms with Crippen molar-refractivity contribution in [2.24, 2.45) is 4.40 Å². The van der Waals surface area contributed by atoms with E-state index < -0.39 is 15.7 Å². The zero-order valence-electron chi connectivity index (χ0n) is 10.3. The van der Waals surface area contributed by atoms with Crippen molar-refractivity contribution in [3.63, 3.8) is 0 Å². The molecule has 0 fully saturated rings. The van der Waals surface area contributed by atoms with Crippen LogP contribution in [0.4, 0.5) is 4.39 Å². The third-order valence-corrected chi connectivity index (χ3v) is 4.04. The van der Waals surface area contributed by atoms with Gasteiger partial charge in [-0.1, -0.05) is 15.9 Å². The van der Waals surface area contributed by atoms with Crippen LogP contribution in [0, 0.1) is 5.82 Å². The van der Waals surface area contributed by atoms with E-state index in [-0.39, 0.29) is 5.82 Å². The highest BCUT2D eigenvalue weighted by atomic mass is 79.9. The van der Waals surface area contributed by atoms with Crippen molar-refractivity contribution >= 4 is 32.6 Å². The maximum Gasteiger partial charge on any atom is 0.145 e. The van der Waals surface area contributed by atoms with Crippen LogP contribution in [0.3, 0.4) is 0 Å². The Morgan fingerprint density at radius 3 is 2.53 bits per heavy atom. The Hall–Kier alpha value is -0.550. The Kier molecular flexibility index (Phi) is 4.61. The summed E-state index contributed by atoms with van der Waals surface area (Å²) in [6.45, 7) is 7.15. The molecule has 0 bridgehead atoms. The molecule has 0 aliphatic heterocycles. The van der Waals surface area contributed by atoms with Gasteiger partial charge in [-0.05, 0) is 45.9 Å².